The van der Waals surface area contributed by atoms with Crippen LogP contribution in [-0.4, -0.2) is 15.9 Å². The highest BCUT2D eigenvalue weighted by Gasteiger charge is 2.11. The lowest BCUT2D eigenvalue weighted by atomic mass is 10.1. The van der Waals surface area contributed by atoms with Crippen molar-refractivity contribution in [1.29, 1.82) is 0 Å². The minimum absolute atomic E-state index is 0.299. The van der Waals surface area contributed by atoms with Gasteiger partial charge in [0.1, 0.15) is 5.15 Å². The molecule has 1 N–H and O–H groups in total. The number of aromatic nitrogens is 2. The maximum atomic E-state index is 12.2. The van der Waals surface area contributed by atoms with E-state index in [1.165, 1.54) is 6.07 Å². The largest absolute Gasteiger partial charge is 0.305 e. The number of carbonyl (C=O) groups excluding carboxylic acids is 1. The van der Waals surface area contributed by atoms with Gasteiger partial charge in [-0.15, -0.1) is 0 Å². The number of anilines is 1. The Labute approximate surface area is 127 Å². The zero-order chi connectivity index (χ0) is 14.5. The second-order valence-corrected chi connectivity index (χ2v) is 5.00. The number of rotatable bonds is 4. The topological polar surface area (TPSA) is 54.9 Å². The first-order valence-corrected chi connectivity index (χ1v) is 6.94. The summed E-state index contributed by atoms with van der Waals surface area (Å²) in [5.41, 5.74) is 1.23. The number of nitrogens with zero attached hydrogens (tertiary/aromatic N) is 2. The fourth-order valence-corrected chi connectivity index (χ4v) is 2.12. The number of amides is 1. The summed E-state index contributed by atoms with van der Waals surface area (Å²) >= 11 is 11.9. The standard InChI is InChI=1S/C14H13Cl2N3O/c1-2-4-10-7-9(8-12(16)18-10)14(20)19-13-11(15)5-3-6-17-13/h3,5-8H,2,4H2,1H3,(H,17,19,20). The van der Waals surface area contributed by atoms with Crippen molar-refractivity contribution in [2.24, 2.45) is 0 Å². The molecule has 1 amide bonds. The lowest BCUT2D eigenvalue weighted by Gasteiger charge is -2.07. The van der Waals surface area contributed by atoms with Crippen molar-refractivity contribution in [3.05, 3.63) is 51.9 Å². The summed E-state index contributed by atoms with van der Waals surface area (Å²) in [6.07, 6.45) is 3.26. The van der Waals surface area contributed by atoms with E-state index in [1.807, 2.05) is 6.92 Å². The number of hydrogen-bond acceptors (Lipinski definition) is 3. The molecule has 2 rings (SSSR count). The Morgan fingerprint density at radius 1 is 1.35 bits per heavy atom. The van der Waals surface area contributed by atoms with Crippen molar-refractivity contribution in [3.63, 3.8) is 0 Å². The van der Waals surface area contributed by atoms with Crippen molar-refractivity contribution in [2.45, 2.75) is 19.8 Å². The minimum Gasteiger partial charge on any atom is -0.305 e. The Bertz CT molecular complexity index is 632. The van der Waals surface area contributed by atoms with Gasteiger partial charge in [0.25, 0.3) is 5.91 Å². The van der Waals surface area contributed by atoms with Crippen LogP contribution < -0.4 is 5.32 Å². The van der Waals surface area contributed by atoms with Crippen LogP contribution in [0.5, 0.6) is 0 Å². The molecule has 20 heavy (non-hydrogen) atoms. The molecule has 104 valence electrons. The van der Waals surface area contributed by atoms with E-state index < -0.39 is 0 Å². The lowest BCUT2D eigenvalue weighted by molar-refractivity contribution is 0.102. The van der Waals surface area contributed by atoms with E-state index in [-0.39, 0.29) is 5.91 Å². The average Bonchev–Trinajstić information content (AvgIpc) is 2.41. The van der Waals surface area contributed by atoms with Gasteiger partial charge in [0, 0.05) is 17.5 Å². The fourth-order valence-electron chi connectivity index (χ4n) is 1.72. The molecule has 0 aliphatic carbocycles. The summed E-state index contributed by atoms with van der Waals surface area (Å²) in [6, 6.07) is 6.60. The third kappa shape index (κ3) is 3.68. The van der Waals surface area contributed by atoms with Crippen LogP contribution in [0.4, 0.5) is 5.82 Å². The minimum atomic E-state index is -0.313. The molecule has 6 heteroatoms. The van der Waals surface area contributed by atoms with Gasteiger partial charge in [-0.2, -0.15) is 0 Å². The normalized spacial score (nSPS) is 10.3. The van der Waals surface area contributed by atoms with Gasteiger partial charge in [0.2, 0.25) is 0 Å². The Hall–Kier alpha value is -1.65. The molecule has 0 atom stereocenters. The van der Waals surface area contributed by atoms with Crippen LogP contribution in [0, 0.1) is 0 Å². The number of halogens is 2. The smallest absolute Gasteiger partial charge is 0.257 e. The SMILES string of the molecule is CCCc1cc(C(=O)Nc2ncccc2Cl)cc(Cl)n1. The second-order valence-electron chi connectivity index (χ2n) is 4.21. The zero-order valence-electron chi connectivity index (χ0n) is 10.9. The molecule has 0 radical (unpaired) electrons. The van der Waals surface area contributed by atoms with E-state index in [2.05, 4.69) is 15.3 Å². The molecular weight excluding hydrogens is 297 g/mol. The van der Waals surface area contributed by atoms with Crippen LogP contribution in [0.3, 0.4) is 0 Å². The van der Waals surface area contributed by atoms with Gasteiger partial charge in [0.05, 0.1) is 5.02 Å². The molecule has 0 bridgehead atoms. The van der Waals surface area contributed by atoms with Gasteiger partial charge in [-0.3, -0.25) is 4.79 Å². The van der Waals surface area contributed by atoms with Crippen molar-refractivity contribution in [2.75, 3.05) is 5.32 Å². The van der Waals surface area contributed by atoms with E-state index >= 15 is 0 Å². The molecular formula is C14H13Cl2N3O. The molecule has 0 aliphatic rings. The first-order chi connectivity index (χ1) is 9.60. The summed E-state index contributed by atoms with van der Waals surface area (Å²) < 4.78 is 0. The number of pyridine rings is 2. The summed E-state index contributed by atoms with van der Waals surface area (Å²) in [7, 11) is 0. The summed E-state index contributed by atoms with van der Waals surface area (Å²) in [5, 5.41) is 3.34. The fraction of sp³-hybridized carbons (Fsp3) is 0.214. The van der Waals surface area contributed by atoms with Gasteiger partial charge in [-0.05, 0) is 30.7 Å². The van der Waals surface area contributed by atoms with E-state index in [4.69, 9.17) is 23.2 Å². The van der Waals surface area contributed by atoms with E-state index in [1.54, 1.807) is 24.4 Å². The van der Waals surface area contributed by atoms with Gasteiger partial charge < -0.3 is 5.32 Å². The molecule has 0 spiro atoms. The highest BCUT2D eigenvalue weighted by atomic mass is 35.5. The van der Waals surface area contributed by atoms with Gasteiger partial charge in [-0.1, -0.05) is 36.5 Å². The van der Waals surface area contributed by atoms with Gasteiger partial charge in [-0.25, -0.2) is 9.97 Å². The molecule has 2 aromatic heterocycles. The van der Waals surface area contributed by atoms with Crippen LogP contribution in [0.25, 0.3) is 0 Å². The van der Waals surface area contributed by atoms with Crippen LogP contribution in [0.15, 0.2) is 30.5 Å². The second kappa shape index (κ2) is 6.68. The van der Waals surface area contributed by atoms with Crippen LogP contribution in [0.1, 0.15) is 29.4 Å². The van der Waals surface area contributed by atoms with Crippen LogP contribution in [0.2, 0.25) is 10.2 Å². The number of nitrogens with one attached hydrogen (secondary N) is 1. The third-order valence-corrected chi connectivity index (χ3v) is 3.10. The number of aryl methyl sites for hydroxylation is 1. The lowest BCUT2D eigenvalue weighted by Crippen LogP contribution is -2.14. The third-order valence-electron chi connectivity index (χ3n) is 2.61. The molecule has 2 aromatic rings. The highest BCUT2D eigenvalue weighted by Crippen LogP contribution is 2.19. The van der Waals surface area contributed by atoms with E-state index in [0.29, 0.717) is 21.6 Å². The molecule has 0 saturated heterocycles. The van der Waals surface area contributed by atoms with Crippen LogP contribution in [-0.2, 0) is 6.42 Å². The Morgan fingerprint density at radius 3 is 2.85 bits per heavy atom. The zero-order valence-corrected chi connectivity index (χ0v) is 12.4. The maximum absolute atomic E-state index is 12.2. The summed E-state index contributed by atoms with van der Waals surface area (Å²) in [5.74, 6) is 0.0106. The highest BCUT2D eigenvalue weighted by molar-refractivity contribution is 6.33. The molecule has 0 aromatic carbocycles. The molecule has 0 unspecified atom stereocenters. The summed E-state index contributed by atoms with van der Waals surface area (Å²) in [6.45, 7) is 2.04. The number of carbonyl (C=O) groups is 1. The molecule has 0 aliphatic heterocycles. The first-order valence-electron chi connectivity index (χ1n) is 6.18. The van der Waals surface area contributed by atoms with Crippen LogP contribution >= 0.6 is 23.2 Å². The molecule has 4 nitrogen and oxygen atoms in total. The molecule has 0 saturated carbocycles. The van der Waals surface area contributed by atoms with Crippen molar-refractivity contribution < 1.29 is 4.79 Å². The molecule has 2 heterocycles. The predicted octanol–water partition coefficient (Wildman–Crippen LogP) is 3.99. The summed E-state index contributed by atoms with van der Waals surface area (Å²) in [4.78, 5) is 20.4. The molecule has 0 fully saturated rings. The van der Waals surface area contributed by atoms with Crippen molar-refractivity contribution in [3.8, 4) is 0 Å². The van der Waals surface area contributed by atoms with Crippen molar-refractivity contribution >= 4 is 34.9 Å². The Kier molecular flexibility index (Phi) is 4.93. The Balaban J connectivity index is 2.23. The van der Waals surface area contributed by atoms with Gasteiger partial charge in [0.15, 0.2) is 5.82 Å². The maximum Gasteiger partial charge on any atom is 0.257 e. The van der Waals surface area contributed by atoms with E-state index in [0.717, 1.165) is 18.5 Å². The monoisotopic (exact) mass is 309 g/mol. The number of hydrogen-bond donors (Lipinski definition) is 1. The first kappa shape index (κ1) is 14.8. The van der Waals surface area contributed by atoms with E-state index in [9.17, 15) is 4.79 Å². The van der Waals surface area contributed by atoms with Crippen molar-refractivity contribution in [1.82, 2.24) is 9.97 Å². The Morgan fingerprint density at radius 2 is 2.15 bits per heavy atom. The predicted molar refractivity (Wildman–Crippen MR) is 80.4 cm³/mol. The average molecular weight is 310 g/mol. The van der Waals surface area contributed by atoms with Gasteiger partial charge >= 0.3 is 0 Å². The quantitative estimate of drug-likeness (QED) is 0.869.